The SMILES string of the molecule is Cc1ccc(C(C)(C)C)cc1C(CCCN)C(C)C. The van der Waals surface area contributed by atoms with Crippen molar-refractivity contribution in [2.24, 2.45) is 11.7 Å². The van der Waals surface area contributed by atoms with Crippen molar-refractivity contribution in [2.45, 2.75) is 65.7 Å². The summed E-state index contributed by atoms with van der Waals surface area (Å²) in [4.78, 5) is 0. The van der Waals surface area contributed by atoms with Gasteiger partial charge in [-0.3, -0.25) is 0 Å². The lowest BCUT2D eigenvalue weighted by Gasteiger charge is -2.27. The molecule has 1 rings (SSSR count). The molecule has 1 unspecified atom stereocenters. The van der Waals surface area contributed by atoms with Gasteiger partial charge in [0.1, 0.15) is 0 Å². The highest BCUT2D eigenvalue weighted by Gasteiger charge is 2.20. The summed E-state index contributed by atoms with van der Waals surface area (Å²) in [5.41, 5.74) is 10.3. The average Bonchev–Trinajstić information content (AvgIpc) is 2.29. The lowest BCUT2D eigenvalue weighted by molar-refractivity contribution is 0.454. The Morgan fingerprint density at radius 3 is 2.26 bits per heavy atom. The van der Waals surface area contributed by atoms with Crippen LogP contribution in [0, 0.1) is 12.8 Å². The molecule has 1 atom stereocenters. The zero-order chi connectivity index (χ0) is 14.6. The zero-order valence-electron chi connectivity index (χ0n) is 13.6. The maximum atomic E-state index is 5.69. The molecule has 0 aromatic heterocycles. The van der Waals surface area contributed by atoms with Crippen LogP contribution >= 0.6 is 0 Å². The number of nitrogens with two attached hydrogens (primary N) is 1. The normalized spacial score (nSPS) is 13.9. The molecule has 0 heterocycles. The fourth-order valence-corrected chi connectivity index (χ4v) is 2.69. The standard InChI is InChI=1S/C18H31N/c1-13(2)16(8-7-11-19)17-12-15(18(4,5)6)10-9-14(17)3/h9-10,12-13,16H,7-8,11,19H2,1-6H3. The van der Waals surface area contributed by atoms with Crippen LogP contribution in [0.15, 0.2) is 18.2 Å². The van der Waals surface area contributed by atoms with E-state index in [1.807, 2.05) is 0 Å². The smallest absolute Gasteiger partial charge is 0.00771 e. The van der Waals surface area contributed by atoms with E-state index in [2.05, 4.69) is 59.7 Å². The van der Waals surface area contributed by atoms with Gasteiger partial charge in [-0.05, 0) is 60.3 Å². The van der Waals surface area contributed by atoms with Crippen molar-refractivity contribution in [3.8, 4) is 0 Å². The van der Waals surface area contributed by atoms with Crippen molar-refractivity contribution in [3.05, 3.63) is 34.9 Å². The van der Waals surface area contributed by atoms with Gasteiger partial charge in [-0.2, -0.15) is 0 Å². The van der Waals surface area contributed by atoms with Gasteiger partial charge in [-0.25, -0.2) is 0 Å². The van der Waals surface area contributed by atoms with Crippen molar-refractivity contribution >= 4 is 0 Å². The van der Waals surface area contributed by atoms with E-state index in [0.717, 1.165) is 13.0 Å². The first-order chi connectivity index (χ1) is 8.77. The Hall–Kier alpha value is -0.820. The first-order valence-electron chi connectivity index (χ1n) is 7.58. The van der Waals surface area contributed by atoms with Crippen molar-refractivity contribution < 1.29 is 0 Å². The molecular weight excluding hydrogens is 230 g/mol. The van der Waals surface area contributed by atoms with E-state index in [1.54, 1.807) is 0 Å². The highest BCUT2D eigenvalue weighted by Crippen LogP contribution is 2.34. The van der Waals surface area contributed by atoms with Crippen LogP contribution in [0.3, 0.4) is 0 Å². The van der Waals surface area contributed by atoms with Crippen LogP contribution in [0.2, 0.25) is 0 Å². The van der Waals surface area contributed by atoms with Gasteiger partial charge in [0.15, 0.2) is 0 Å². The van der Waals surface area contributed by atoms with Crippen LogP contribution in [-0.4, -0.2) is 6.54 Å². The van der Waals surface area contributed by atoms with Gasteiger partial charge in [0.05, 0.1) is 0 Å². The molecule has 19 heavy (non-hydrogen) atoms. The highest BCUT2D eigenvalue weighted by atomic mass is 14.5. The highest BCUT2D eigenvalue weighted by molar-refractivity contribution is 5.37. The molecule has 0 aliphatic heterocycles. The summed E-state index contributed by atoms with van der Waals surface area (Å²) in [6.07, 6.45) is 2.31. The molecule has 0 amide bonds. The fraction of sp³-hybridized carbons (Fsp3) is 0.667. The number of rotatable bonds is 5. The van der Waals surface area contributed by atoms with E-state index in [4.69, 9.17) is 5.73 Å². The van der Waals surface area contributed by atoms with Crippen LogP contribution in [0.1, 0.15) is 70.1 Å². The maximum absolute atomic E-state index is 5.69. The van der Waals surface area contributed by atoms with Gasteiger partial charge < -0.3 is 5.73 Å². The van der Waals surface area contributed by atoms with E-state index in [1.165, 1.54) is 23.1 Å². The van der Waals surface area contributed by atoms with Crippen LogP contribution in [0.5, 0.6) is 0 Å². The van der Waals surface area contributed by atoms with Gasteiger partial charge in [0.25, 0.3) is 0 Å². The predicted octanol–water partition coefficient (Wildman–Crippen LogP) is 4.77. The molecule has 108 valence electrons. The lowest BCUT2D eigenvalue weighted by Crippen LogP contribution is -2.15. The van der Waals surface area contributed by atoms with Crippen molar-refractivity contribution in [1.29, 1.82) is 0 Å². The molecule has 0 saturated heterocycles. The minimum absolute atomic E-state index is 0.220. The molecule has 0 radical (unpaired) electrons. The van der Waals surface area contributed by atoms with E-state index in [9.17, 15) is 0 Å². The Labute approximate surface area is 119 Å². The first-order valence-corrected chi connectivity index (χ1v) is 7.58. The summed E-state index contributed by atoms with van der Waals surface area (Å²) in [5, 5.41) is 0. The third-order valence-corrected chi connectivity index (χ3v) is 4.07. The first kappa shape index (κ1) is 16.2. The fourth-order valence-electron chi connectivity index (χ4n) is 2.69. The van der Waals surface area contributed by atoms with Crippen LogP contribution < -0.4 is 5.73 Å². The van der Waals surface area contributed by atoms with E-state index >= 15 is 0 Å². The Balaban J connectivity index is 3.14. The number of hydrogen-bond acceptors (Lipinski definition) is 1. The predicted molar refractivity (Wildman–Crippen MR) is 85.7 cm³/mol. The van der Waals surface area contributed by atoms with E-state index in [-0.39, 0.29) is 5.41 Å². The quantitative estimate of drug-likeness (QED) is 0.811. The van der Waals surface area contributed by atoms with Crippen LogP contribution in [-0.2, 0) is 5.41 Å². The van der Waals surface area contributed by atoms with Gasteiger partial charge in [0, 0.05) is 0 Å². The molecule has 0 aliphatic rings. The molecule has 1 aromatic rings. The molecule has 0 fully saturated rings. The van der Waals surface area contributed by atoms with E-state index < -0.39 is 0 Å². The van der Waals surface area contributed by atoms with Crippen molar-refractivity contribution in [1.82, 2.24) is 0 Å². The number of aryl methyl sites for hydroxylation is 1. The summed E-state index contributed by atoms with van der Waals surface area (Å²) in [7, 11) is 0. The third kappa shape index (κ3) is 4.35. The molecule has 1 heteroatoms. The van der Waals surface area contributed by atoms with E-state index in [0.29, 0.717) is 11.8 Å². The van der Waals surface area contributed by atoms with Gasteiger partial charge in [-0.1, -0.05) is 52.8 Å². The number of benzene rings is 1. The van der Waals surface area contributed by atoms with Gasteiger partial charge in [0.2, 0.25) is 0 Å². The summed E-state index contributed by atoms with van der Waals surface area (Å²) < 4.78 is 0. The second-order valence-corrected chi connectivity index (χ2v) is 7.10. The van der Waals surface area contributed by atoms with Crippen LogP contribution in [0.4, 0.5) is 0 Å². The molecular formula is C18H31N. The lowest BCUT2D eigenvalue weighted by atomic mass is 9.78. The maximum Gasteiger partial charge on any atom is -0.00771 e. The average molecular weight is 261 g/mol. The molecule has 1 nitrogen and oxygen atoms in total. The Morgan fingerprint density at radius 2 is 1.79 bits per heavy atom. The Morgan fingerprint density at radius 1 is 1.16 bits per heavy atom. The molecule has 1 aromatic carbocycles. The number of hydrogen-bond donors (Lipinski definition) is 1. The van der Waals surface area contributed by atoms with Gasteiger partial charge >= 0.3 is 0 Å². The van der Waals surface area contributed by atoms with Gasteiger partial charge in [-0.15, -0.1) is 0 Å². The third-order valence-electron chi connectivity index (χ3n) is 4.07. The van der Waals surface area contributed by atoms with Crippen molar-refractivity contribution in [3.63, 3.8) is 0 Å². The zero-order valence-corrected chi connectivity index (χ0v) is 13.6. The summed E-state index contributed by atoms with van der Waals surface area (Å²) in [6.45, 7) is 14.5. The summed E-state index contributed by atoms with van der Waals surface area (Å²) in [6, 6.07) is 6.99. The molecule has 2 N–H and O–H groups in total. The molecule has 0 spiro atoms. The molecule has 0 bridgehead atoms. The Bertz CT molecular complexity index is 399. The second-order valence-electron chi connectivity index (χ2n) is 7.10. The largest absolute Gasteiger partial charge is 0.330 e. The van der Waals surface area contributed by atoms with Crippen LogP contribution in [0.25, 0.3) is 0 Å². The summed E-state index contributed by atoms with van der Waals surface area (Å²) in [5.74, 6) is 1.30. The minimum Gasteiger partial charge on any atom is -0.330 e. The summed E-state index contributed by atoms with van der Waals surface area (Å²) >= 11 is 0. The topological polar surface area (TPSA) is 26.0 Å². The Kier molecular flexibility index (Phi) is 5.61. The molecule has 0 saturated carbocycles. The second kappa shape index (κ2) is 6.56. The molecule has 0 aliphatic carbocycles. The van der Waals surface area contributed by atoms with Crippen molar-refractivity contribution in [2.75, 3.05) is 6.54 Å². The minimum atomic E-state index is 0.220. The monoisotopic (exact) mass is 261 g/mol.